The summed E-state index contributed by atoms with van der Waals surface area (Å²) in [4.78, 5) is 12.7. The molecule has 8 nitrogen and oxygen atoms in total. The van der Waals surface area contributed by atoms with Crippen molar-refractivity contribution in [2.24, 2.45) is 0 Å². The van der Waals surface area contributed by atoms with E-state index in [2.05, 4.69) is 10.4 Å². The molecule has 2 fully saturated rings. The first-order valence-corrected chi connectivity index (χ1v) is 11.1. The van der Waals surface area contributed by atoms with Crippen LogP contribution in [0.1, 0.15) is 47.4 Å². The summed E-state index contributed by atoms with van der Waals surface area (Å²) >= 11 is 0. The number of rotatable bonds is 6. The minimum Gasteiger partial charge on any atom is -0.493 e. The highest BCUT2D eigenvalue weighted by atomic mass is 32.2. The highest BCUT2D eigenvalue weighted by molar-refractivity contribution is 7.91. The molecule has 2 aromatic rings. The molecule has 1 amide bonds. The number of carbonyl (C=O) groups excluding carboxylic acids is 1. The van der Waals surface area contributed by atoms with Crippen LogP contribution in [-0.4, -0.2) is 49.8 Å². The topological polar surface area (TPSA) is 99.5 Å². The zero-order chi connectivity index (χ0) is 19.9. The molecule has 9 heteroatoms. The van der Waals surface area contributed by atoms with Gasteiger partial charge in [-0.3, -0.25) is 9.48 Å². The molecule has 1 atom stereocenters. The third-order valence-electron chi connectivity index (χ3n) is 5.19. The van der Waals surface area contributed by atoms with Gasteiger partial charge in [-0.1, -0.05) is 0 Å². The molecule has 150 valence electrons. The fourth-order valence-corrected chi connectivity index (χ4v) is 5.27. The number of hydrogen-bond donors (Lipinski definition) is 1. The van der Waals surface area contributed by atoms with Crippen LogP contribution in [0.2, 0.25) is 0 Å². The van der Waals surface area contributed by atoms with Crippen molar-refractivity contribution in [1.82, 2.24) is 9.78 Å². The summed E-state index contributed by atoms with van der Waals surface area (Å²) in [6.07, 6.45) is 2.63. The highest BCUT2D eigenvalue weighted by Gasteiger charge is 2.36. The van der Waals surface area contributed by atoms with Crippen molar-refractivity contribution in [2.45, 2.75) is 31.2 Å². The Morgan fingerprint density at radius 1 is 1.14 bits per heavy atom. The number of nitrogens with zero attached hydrogens (tertiary/aromatic N) is 2. The third-order valence-corrected chi connectivity index (χ3v) is 6.94. The Labute approximate surface area is 163 Å². The van der Waals surface area contributed by atoms with E-state index in [4.69, 9.17) is 9.47 Å². The van der Waals surface area contributed by atoms with Crippen LogP contribution >= 0.6 is 0 Å². The van der Waals surface area contributed by atoms with Crippen LogP contribution in [0.25, 0.3) is 0 Å². The van der Waals surface area contributed by atoms with Crippen LogP contribution in [0.3, 0.4) is 0 Å². The Hall–Kier alpha value is -2.55. The maximum Gasteiger partial charge on any atom is 0.276 e. The van der Waals surface area contributed by atoms with Crippen LogP contribution in [-0.2, 0) is 9.84 Å². The Kier molecular flexibility index (Phi) is 4.78. The van der Waals surface area contributed by atoms with Gasteiger partial charge < -0.3 is 14.8 Å². The fraction of sp³-hybridized carbons (Fsp3) is 0.474. The van der Waals surface area contributed by atoms with Gasteiger partial charge in [-0.25, -0.2) is 8.42 Å². The molecule has 1 aliphatic carbocycles. The first-order valence-electron chi connectivity index (χ1n) is 9.23. The molecule has 2 heterocycles. The van der Waals surface area contributed by atoms with Crippen LogP contribution in [0.5, 0.6) is 11.5 Å². The molecule has 1 aromatic carbocycles. The number of anilines is 1. The van der Waals surface area contributed by atoms with Crippen LogP contribution in [0.15, 0.2) is 24.3 Å². The van der Waals surface area contributed by atoms with Gasteiger partial charge in [-0.2, -0.15) is 5.10 Å². The summed E-state index contributed by atoms with van der Waals surface area (Å²) in [6, 6.07) is 6.72. The molecule has 28 heavy (non-hydrogen) atoms. The van der Waals surface area contributed by atoms with Gasteiger partial charge in [0.2, 0.25) is 0 Å². The summed E-state index contributed by atoms with van der Waals surface area (Å²) in [5, 5.41) is 7.30. The summed E-state index contributed by atoms with van der Waals surface area (Å²) in [5.74, 6) is 1.37. The molecule has 4 rings (SSSR count). The van der Waals surface area contributed by atoms with Crippen molar-refractivity contribution >= 4 is 21.4 Å². The second-order valence-electron chi connectivity index (χ2n) is 7.25. The van der Waals surface area contributed by atoms with Gasteiger partial charge in [0.1, 0.15) is 0 Å². The molecule has 1 N–H and O–H groups in total. The van der Waals surface area contributed by atoms with E-state index in [0.29, 0.717) is 35.2 Å². The molecule has 0 spiro atoms. The normalized spacial score (nSPS) is 20.7. The number of amides is 1. The zero-order valence-corrected chi connectivity index (χ0v) is 16.7. The van der Waals surface area contributed by atoms with Gasteiger partial charge in [-0.15, -0.1) is 0 Å². The van der Waals surface area contributed by atoms with Crippen molar-refractivity contribution < 1.29 is 22.7 Å². The molecule has 1 aliphatic heterocycles. The lowest BCUT2D eigenvalue weighted by Gasteiger charge is -2.12. The molecule has 1 aromatic heterocycles. The average molecular weight is 405 g/mol. The predicted molar refractivity (Wildman–Crippen MR) is 104 cm³/mol. The Morgan fingerprint density at radius 2 is 1.89 bits per heavy atom. The predicted octanol–water partition coefficient (Wildman–Crippen LogP) is 2.39. The van der Waals surface area contributed by atoms with E-state index in [1.54, 1.807) is 36.1 Å². The van der Waals surface area contributed by atoms with Crippen molar-refractivity contribution in [3.8, 4) is 11.5 Å². The maximum absolute atomic E-state index is 12.7. The lowest BCUT2D eigenvalue weighted by atomic mass is 10.2. The van der Waals surface area contributed by atoms with E-state index in [1.165, 1.54) is 7.11 Å². The quantitative estimate of drug-likeness (QED) is 0.792. The van der Waals surface area contributed by atoms with E-state index in [-0.39, 0.29) is 23.5 Å². The van der Waals surface area contributed by atoms with Gasteiger partial charge >= 0.3 is 0 Å². The van der Waals surface area contributed by atoms with E-state index < -0.39 is 9.84 Å². The third kappa shape index (κ3) is 3.71. The summed E-state index contributed by atoms with van der Waals surface area (Å²) in [7, 11) is 0.0508. The van der Waals surface area contributed by atoms with Gasteiger partial charge in [0.15, 0.2) is 27.0 Å². The molecular weight excluding hydrogens is 382 g/mol. The number of hydrogen-bond acceptors (Lipinski definition) is 6. The smallest absolute Gasteiger partial charge is 0.276 e. The van der Waals surface area contributed by atoms with Gasteiger partial charge in [0, 0.05) is 23.4 Å². The van der Waals surface area contributed by atoms with Crippen molar-refractivity contribution in [3.05, 3.63) is 35.7 Å². The summed E-state index contributed by atoms with van der Waals surface area (Å²) in [5.41, 5.74) is 1.81. The number of nitrogens with one attached hydrogen (secondary N) is 1. The molecular formula is C19H23N3O5S. The SMILES string of the molecule is COc1ccc(NC(=O)c2cc(C3CC3)n([C@H]3CCS(=O)(=O)C3)n2)cc1OC. The monoisotopic (exact) mass is 405 g/mol. The second-order valence-corrected chi connectivity index (χ2v) is 9.48. The van der Waals surface area contributed by atoms with Gasteiger partial charge in [0.05, 0.1) is 31.8 Å². The van der Waals surface area contributed by atoms with Crippen molar-refractivity contribution in [3.63, 3.8) is 0 Å². The molecule has 2 aliphatic rings. The van der Waals surface area contributed by atoms with Crippen LogP contribution < -0.4 is 14.8 Å². The lowest BCUT2D eigenvalue weighted by Crippen LogP contribution is -2.17. The molecule has 0 bridgehead atoms. The van der Waals surface area contributed by atoms with E-state index >= 15 is 0 Å². The molecule has 1 saturated carbocycles. The number of sulfone groups is 1. The molecule has 0 radical (unpaired) electrons. The van der Waals surface area contributed by atoms with E-state index in [1.807, 2.05) is 0 Å². The summed E-state index contributed by atoms with van der Waals surface area (Å²) < 4.78 is 36.0. The largest absolute Gasteiger partial charge is 0.493 e. The van der Waals surface area contributed by atoms with Crippen LogP contribution in [0.4, 0.5) is 5.69 Å². The zero-order valence-electron chi connectivity index (χ0n) is 15.8. The lowest BCUT2D eigenvalue weighted by molar-refractivity contribution is 0.102. The maximum atomic E-state index is 12.7. The Balaban J connectivity index is 1.57. The van der Waals surface area contributed by atoms with E-state index in [0.717, 1.165) is 18.5 Å². The minimum atomic E-state index is -3.03. The highest BCUT2D eigenvalue weighted by Crippen LogP contribution is 2.42. The standard InChI is InChI=1S/C19H23N3O5S/c1-26-17-6-5-13(9-18(17)27-2)20-19(23)15-10-16(12-3-4-12)22(21-15)14-7-8-28(24,25)11-14/h5-6,9-10,12,14H,3-4,7-8,11H2,1-2H3,(H,20,23)/t14-/m0/s1. The number of ether oxygens (including phenoxy) is 2. The minimum absolute atomic E-state index is 0.0884. The fourth-order valence-electron chi connectivity index (χ4n) is 3.57. The number of carbonyl (C=O) groups is 1. The van der Waals surface area contributed by atoms with Crippen molar-refractivity contribution in [1.29, 1.82) is 0 Å². The van der Waals surface area contributed by atoms with Crippen molar-refractivity contribution in [2.75, 3.05) is 31.0 Å². The second kappa shape index (κ2) is 7.12. The summed E-state index contributed by atoms with van der Waals surface area (Å²) in [6.45, 7) is 0. The van der Waals surface area contributed by atoms with Gasteiger partial charge in [-0.05, 0) is 37.5 Å². The van der Waals surface area contributed by atoms with Crippen LogP contribution in [0, 0.1) is 0 Å². The first-order chi connectivity index (χ1) is 13.4. The van der Waals surface area contributed by atoms with Gasteiger partial charge in [0.25, 0.3) is 5.91 Å². The number of benzene rings is 1. The average Bonchev–Trinajstić information content (AvgIpc) is 3.32. The Bertz CT molecular complexity index is 1010. The van der Waals surface area contributed by atoms with E-state index in [9.17, 15) is 13.2 Å². The number of aromatic nitrogens is 2. The number of methoxy groups -OCH3 is 2. The Morgan fingerprint density at radius 3 is 2.50 bits per heavy atom. The molecule has 0 unspecified atom stereocenters. The first kappa shape index (κ1) is 18.8. The molecule has 1 saturated heterocycles.